The first-order chi connectivity index (χ1) is 9.60. The van der Waals surface area contributed by atoms with Crippen LogP contribution in [0.5, 0.6) is 5.75 Å². The van der Waals surface area contributed by atoms with Crippen molar-refractivity contribution in [2.75, 3.05) is 25.5 Å². The van der Waals surface area contributed by atoms with E-state index >= 15 is 0 Å². The van der Waals surface area contributed by atoms with Crippen LogP contribution < -0.4 is 15.4 Å². The fourth-order valence-electron chi connectivity index (χ4n) is 2.58. The molecular formula is C15H21BrN2O2. The highest BCUT2D eigenvalue weighted by molar-refractivity contribution is 9.10. The van der Waals surface area contributed by atoms with Gasteiger partial charge in [0.15, 0.2) is 0 Å². The van der Waals surface area contributed by atoms with Gasteiger partial charge in [-0.15, -0.1) is 0 Å². The van der Waals surface area contributed by atoms with Crippen molar-refractivity contribution in [2.45, 2.75) is 26.2 Å². The lowest BCUT2D eigenvalue weighted by molar-refractivity contribution is -0.117. The number of ether oxygens (including phenoxy) is 1. The molecule has 2 rings (SSSR count). The van der Waals surface area contributed by atoms with Gasteiger partial charge < -0.3 is 15.4 Å². The Morgan fingerprint density at radius 3 is 3.00 bits per heavy atom. The minimum absolute atomic E-state index is 0.0578. The third kappa shape index (κ3) is 3.96. The minimum Gasteiger partial charge on any atom is -0.495 e. The quantitative estimate of drug-likeness (QED) is 0.885. The van der Waals surface area contributed by atoms with Crippen molar-refractivity contribution in [3.05, 3.63) is 22.2 Å². The molecule has 4 nitrogen and oxygen atoms in total. The van der Waals surface area contributed by atoms with Crippen molar-refractivity contribution in [1.29, 1.82) is 0 Å². The van der Waals surface area contributed by atoms with Crippen LogP contribution in [0.2, 0.25) is 0 Å². The van der Waals surface area contributed by atoms with Crippen molar-refractivity contribution < 1.29 is 9.53 Å². The summed E-state index contributed by atoms with van der Waals surface area (Å²) in [6.07, 6.45) is 2.83. The number of hydrogen-bond acceptors (Lipinski definition) is 3. The number of halogens is 1. The molecule has 0 aromatic heterocycles. The number of carbonyl (C=O) groups is 1. The number of rotatable bonds is 4. The first kappa shape index (κ1) is 15.3. The summed E-state index contributed by atoms with van der Waals surface area (Å²) in [6.45, 7) is 3.96. The van der Waals surface area contributed by atoms with Gasteiger partial charge in [-0.25, -0.2) is 0 Å². The summed E-state index contributed by atoms with van der Waals surface area (Å²) >= 11 is 3.43. The first-order valence-corrected chi connectivity index (χ1v) is 7.74. The monoisotopic (exact) mass is 340 g/mol. The molecule has 1 saturated heterocycles. The molecule has 20 heavy (non-hydrogen) atoms. The number of piperidine rings is 1. The maximum absolute atomic E-state index is 12.2. The lowest BCUT2D eigenvalue weighted by Crippen LogP contribution is -2.32. The lowest BCUT2D eigenvalue weighted by atomic mass is 9.96. The normalized spacial score (nSPS) is 18.6. The number of nitrogens with one attached hydrogen (secondary N) is 2. The Bertz CT molecular complexity index is 485. The SMILES string of the molecule is COc1cc(Br)cc(C)c1NC(=O)CC1CCCNC1. The highest BCUT2D eigenvalue weighted by Gasteiger charge is 2.18. The lowest BCUT2D eigenvalue weighted by Gasteiger charge is -2.22. The molecule has 110 valence electrons. The van der Waals surface area contributed by atoms with Gasteiger partial charge in [0.2, 0.25) is 5.91 Å². The first-order valence-electron chi connectivity index (χ1n) is 6.95. The topological polar surface area (TPSA) is 50.4 Å². The molecule has 1 aliphatic rings. The molecule has 1 unspecified atom stereocenters. The summed E-state index contributed by atoms with van der Waals surface area (Å²) in [5.74, 6) is 1.18. The molecule has 0 aliphatic carbocycles. The Hall–Kier alpha value is -1.07. The Morgan fingerprint density at radius 2 is 2.35 bits per heavy atom. The Kier molecular flexibility index (Phi) is 5.43. The molecular weight excluding hydrogens is 320 g/mol. The molecule has 1 atom stereocenters. The second kappa shape index (κ2) is 7.09. The van der Waals surface area contributed by atoms with E-state index in [9.17, 15) is 4.79 Å². The summed E-state index contributed by atoms with van der Waals surface area (Å²) in [5.41, 5.74) is 1.76. The van der Waals surface area contributed by atoms with E-state index in [1.807, 2.05) is 19.1 Å². The van der Waals surface area contributed by atoms with Crippen LogP contribution in [0.25, 0.3) is 0 Å². The molecule has 1 aromatic carbocycles. The van der Waals surface area contributed by atoms with E-state index in [1.165, 1.54) is 0 Å². The predicted molar refractivity (Wildman–Crippen MR) is 84.3 cm³/mol. The van der Waals surface area contributed by atoms with Crippen molar-refractivity contribution in [3.63, 3.8) is 0 Å². The fourth-order valence-corrected chi connectivity index (χ4v) is 3.14. The average molecular weight is 341 g/mol. The molecule has 2 N–H and O–H groups in total. The fraction of sp³-hybridized carbons (Fsp3) is 0.533. The van der Waals surface area contributed by atoms with Gasteiger partial charge in [0, 0.05) is 10.9 Å². The van der Waals surface area contributed by atoms with E-state index in [0.717, 1.165) is 41.7 Å². The number of anilines is 1. The van der Waals surface area contributed by atoms with Crippen molar-refractivity contribution >= 4 is 27.5 Å². The number of carbonyl (C=O) groups excluding carboxylic acids is 1. The van der Waals surface area contributed by atoms with Gasteiger partial charge in [-0.2, -0.15) is 0 Å². The van der Waals surface area contributed by atoms with Crippen LogP contribution in [0.3, 0.4) is 0 Å². The average Bonchev–Trinajstić information content (AvgIpc) is 2.42. The van der Waals surface area contributed by atoms with Crippen LogP contribution in [0.1, 0.15) is 24.8 Å². The maximum atomic E-state index is 12.2. The van der Waals surface area contributed by atoms with Crippen LogP contribution in [0.4, 0.5) is 5.69 Å². The molecule has 5 heteroatoms. The summed E-state index contributed by atoms with van der Waals surface area (Å²) in [5, 5.41) is 6.33. The number of hydrogen-bond donors (Lipinski definition) is 2. The number of amides is 1. The second-order valence-corrected chi connectivity index (χ2v) is 6.18. The summed E-state index contributed by atoms with van der Waals surface area (Å²) in [6, 6.07) is 3.84. The molecule has 0 spiro atoms. The van der Waals surface area contributed by atoms with Gasteiger partial charge in [-0.1, -0.05) is 15.9 Å². The van der Waals surface area contributed by atoms with Gasteiger partial charge in [-0.3, -0.25) is 4.79 Å². The predicted octanol–water partition coefficient (Wildman–Crippen LogP) is 3.09. The van der Waals surface area contributed by atoms with Gasteiger partial charge >= 0.3 is 0 Å². The van der Waals surface area contributed by atoms with Crippen LogP contribution in [0, 0.1) is 12.8 Å². The summed E-state index contributed by atoms with van der Waals surface area (Å²) < 4.78 is 6.29. The summed E-state index contributed by atoms with van der Waals surface area (Å²) in [7, 11) is 1.61. The van der Waals surface area contributed by atoms with Gasteiger partial charge in [0.05, 0.1) is 12.8 Å². The Labute approximate surface area is 128 Å². The van der Waals surface area contributed by atoms with Crippen molar-refractivity contribution in [1.82, 2.24) is 5.32 Å². The molecule has 1 aliphatic heterocycles. The van der Waals surface area contributed by atoms with Crippen LogP contribution >= 0.6 is 15.9 Å². The Balaban J connectivity index is 2.03. The van der Waals surface area contributed by atoms with Crippen LogP contribution in [0.15, 0.2) is 16.6 Å². The van der Waals surface area contributed by atoms with E-state index < -0.39 is 0 Å². The molecule has 1 amide bonds. The third-order valence-corrected chi connectivity index (χ3v) is 4.08. The summed E-state index contributed by atoms with van der Waals surface area (Å²) in [4.78, 5) is 12.2. The van der Waals surface area contributed by atoms with Gasteiger partial charge in [0.25, 0.3) is 0 Å². The van der Waals surface area contributed by atoms with Crippen LogP contribution in [-0.2, 0) is 4.79 Å². The zero-order valence-electron chi connectivity index (χ0n) is 12.0. The second-order valence-electron chi connectivity index (χ2n) is 5.26. The Morgan fingerprint density at radius 1 is 1.55 bits per heavy atom. The number of benzene rings is 1. The smallest absolute Gasteiger partial charge is 0.224 e. The molecule has 1 heterocycles. The largest absolute Gasteiger partial charge is 0.495 e. The van der Waals surface area contributed by atoms with Crippen molar-refractivity contribution in [2.24, 2.45) is 5.92 Å². The number of aryl methyl sites for hydroxylation is 1. The number of methoxy groups -OCH3 is 1. The highest BCUT2D eigenvalue weighted by atomic mass is 79.9. The molecule has 1 aromatic rings. The highest BCUT2D eigenvalue weighted by Crippen LogP contribution is 2.32. The zero-order chi connectivity index (χ0) is 14.5. The van der Waals surface area contributed by atoms with Gasteiger partial charge in [0.1, 0.15) is 5.75 Å². The molecule has 0 radical (unpaired) electrons. The van der Waals surface area contributed by atoms with E-state index in [4.69, 9.17) is 4.74 Å². The van der Waals surface area contributed by atoms with E-state index in [0.29, 0.717) is 18.1 Å². The standard InChI is InChI=1S/C15H21BrN2O2/c1-10-6-12(16)8-13(20-2)15(10)18-14(19)7-11-4-3-5-17-9-11/h6,8,11,17H,3-5,7,9H2,1-2H3,(H,18,19). The van der Waals surface area contributed by atoms with E-state index in [-0.39, 0.29) is 5.91 Å². The van der Waals surface area contributed by atoms with Crippen molar-refractivity contribution in [3.8, 4) is 5.75 Å². The molecule has 0 saturated carbocycles. The third-order valence-electron chi connectivity index (χ3n) is 3.62. The molecule has 1 fully saturated rings. The zero-order valence-corrected chi connectivity index (χ0v) is 13.5. The maximum Gasteiger partial charge on any atom is 0.224 e. The van der Waals surface area contributed by atoms with Crippen LogP contribution in [-0.4, -0.2) is 26.1 Å². The minimum atomic E-state index is 0.0578. The van der Waals surface area contributed by atoms with E-state index in [2.05, 4.69) is 26.6 Å². The molecule has 0 bridgehead atoms. The van der Waals surface area contributed by atoms with E-state index in [1.54, 1.807) is 7.11 Å². The van der Waals surface area contributed by atoms with Gasteiger partial charge in [-0.05, 0) is 56.5 Å².